The van der Waals surface area contributed by atoms with Gasteiger partial charge in [-0.1, -0.05) is 6.07 Å². The van der Waals surface area contributed by atoms with Gasteiger partial charge in [0.05, 0.1) is 30.1 Å². The Morgan fingerprint density at radius 1 is 1.24 bits per heavy atom. The maximum absolute atomic E-state index is 14.7. The average molecular weight is 428 g/mol. The van der Waals surface area contributed by atoms with Gasteiger partial charge >= 0.3 is 0 Å². The van der Waals surface area contributed by atoms with Crippen molar-refractivity contribution in [1.82, 2.24) is 9.62 Å². The van der Waals surface area contributed by atoms with E-state index in [1.54, 1.807) is 6.07 Å². The van der Waals surface area contributed by atoms with E-state index in [1.165, 1.54) is 10.4 Å². The lowest BCUT2D eigenvalue weighted by molar-refractivity contribution is -0.126. The molecule has 0 aliphatic carbocycles. The van der Waals surface area contributed by atoms with Crippen LogP contribution in [0.3, 0.4) is 0 Å². The first-order valence-electron chi connectivity index (χ1n) is 10.0. The Morgan fingerprint density at radius 3 is 2.55 bits per heavy atom. The SMILES string of the molecule is CC1CN(c2ccc(CNC(=O)C3CCCN(S(C)(=O)=O)C3)cc2F)CC(C)O1. The Hall–Kier alpha value is -1.71. The number of nitrogens with one attached hydrogen (secondary N) is 1. The van der Waals surface area contributed by atoms with Gasteiger partial charge in [-0.15, -0.1) is 0 Å². The van der Waals surface area contributed by atoms with E-state index in [0.717, 1.165) is 6.26 Å². The smallest absolute Gasteiger partial charge is 0.224 e. The molecule has 162 valence electrons. The molecule has 0 spiro atoms. The third-order valence-corrected chi connectivity index (χ3v) is 6.73. The Labute approximate surface area is 172 Å². The summed E-state index contributed by atoms with van der Waals surface area (Å²) in [5, 5.41) is 2.82. The number of anilines is 1. The fraction of sp³-hybridized carbons (Fsp3) is 0.650. The summed E-state index contributed by atoms with van der Waals surface area (Å²) < 4.78 is 45.2. The molecule has 3 unspecified atom stereocenters. The summed E-state index contributed by atoms with van der Waals surface area (Å²) in [5.41, 5.74) is 1.21. The van der Waals surface area contributed by atoms with Crippen LogP contribution in [0.2, 0.25) is 0 Å². The number of benzene rings is 1. The van der Waals surface area contributed by atoms with Gasteiger partial charge in [0.15, 0.2) is 0 Å². The fourth-order valence-electron chi connectivity index (χ4n) is 4.08. The van der Waals surface area contributed by atoms with Crippen molar-refractivity contribution in [3.63, 3.8) is 0 Å². The summed E-state index contributed by atoms with van der Waals surface area (Å²) in [4.78, 5) is 14.5. The molecule has 1 aromatic carbocycles. The highest BCUT2D eigenvalue weighted by atomic mass is 32.2. The zero-order chi connectivity index (χ0) is 21.2. The first-order valence-corrected chi connectivity index (χ1v) is 11.9. The van der Waals surface area contributed by atoms with Crippen LogP contribution in [0.4, 0.5) is 10.1 Å². The lowest BCUT2D eigenvalue weighted by Crippen LogP contribution is -2.45. The highest BCUT2D eigenvalue weighted by Gasteiger charge is 2.30. The Kier molecular flexibility index (Phi) is 6.80. The van der Waals surface area contributed by atoms with Crippen LogP contribution in [0.15, 0.2) is 18.2 Å². The molecule has 1 amide bonds. The van der Waals surface area contributed by atoms with E-state index in [-0.39, 0.29) is 42.9 Å². The number of nitrogens with zero attached hydrogens (tertiary/aromatic N) is 2. The highest BCUT2D eigenvalue weighted by molar-refractivity contribution is 7.88. The molecule has 0 radical (unpaired) electrons. The van der Waals surface area contributed by atoms with Crippen LogP contribution in [0, 0.1) is 11.7 Å². The van der Waals surface area contributed by atoms with Gasteiger partial charge in [-0.3, -0.25) is 4.79 Å². The van der Waals surface area contributed by atoms with E-state index in [9.17, 15) is 17.6 Å². The molecule has 2 fully saturated rings. The predicted octanol–water partition coefficient (Wildman–Crippen LogP) is 1.73. The number of amides is 1. The van der Waals surface area contributed by atoms with Crippen molar-refractivity contribution in [3.05, 3.63) is 29.6 Å². The second kappa shape index (κ2) is 8.97. The third-order valence-electron chi connectivity index (χ3n) is 5.46. The number of morpholine rings is 1. The van der Waals surface area contributed by atoms with Gasteiger partial charge in [-0.2, -0.15) is 0 Å². The molecule has 29 heavy (non-hydrogen) atoms. The molecule has 2 aliphatic heterocycles. The molecule has 2 aliphatic rings. The summed E-state index contributed by atoms with van der Waals surface area (Å²) in [5.74, 6) is -0.892. The first kappa shape index (κ1) is 22.0. The number of sulfonamides is 1. The molecule has 2 heterocycles. The quantitative estimate of drug-likeness (QED) is 0.774. The van der Waals surface area contributed by atoms with Crippen molar-refractivity contribution in [2.75, 3.05) is 37.3 Å². The van der Waals surface area contributed by atoms with Crippen LogP contribution in [0.25, 0.3) is 0 Å². The number of halogens is 1. The Balaban J connectivity index is 1.58. The molecule has 1 aromatic rings. The van der Waals surface area contributed by atoms with Gasteiger partial charge < -0.3 is 15.0 Å². The molecule has 3 atom stereocenters. The number of carbonyl (C=O) groups is 1. The van der Waals surface area contributed by atoms with E-state index in [1.807, 2.05) is 24.8 Å². The molecule has 3 rings (SSSR count). The number of piperidine rings is 1. The standard InChI is InChI=1S/C20H30FN3O4S/c1-14-11-23(12-15(2)28-14)19-7-6-16(9-18(19)21)10-22-20(25)17-5-4-8-24(13-17)29(3,26)27/h6-7,9,14-15,17H,4-5,8,10-13H2,1-3H3,(H,22,25). The third kappa shape index (κ3) is 5.67. The normalized spacial score (nSPS) is 26.3. The zero-order valence-electron chi connectivity index (χ0n) is 17.2. The fourth-order valence-corrected chi connectivity index (χ4v) is 4.99. The monoisotopic (exact) mass is 427 g/mol. The summed E-state index contributed by atoms with van der Waals surface area (Å²) >= 11 is 0. The van der Waals surface area contributed by atoms with Gasteiger partial charge in [0.1, 0.15) is 5.82 Å². The van der Waals surface area contributed by atoms with Gasteiger partial charge in [0.25, 0.3) is 0 Å². The van der Waals surface area contributed by atoms with Crippen molar-refractivity contribution >= 4 is 21.6 Å². The predicted molar refractivity (Wildman–Crippen MR) is 110 cm³/mol. The minimum atomic E-state index is -3.30. The molecule has 0 saturated carbocycles. The molecular weight excluding hydrogens is 397 g/mol. The van der Waals surface area contributed by atoms with Gasteiger partial charge in [-0.05, 0) is 44.4 Å². The average Bonchev–Trinajstić information content (AvgIpc) is 2.64. The van der Waals surface area contributed by atoms with Gasteiger partial charge in [0.2, 0.25) is 15.9 Å². The molecule has 2 saturated heterocycles. The highest BCUT2D eigenvalue weighted by Crippen LogP contribution is 2.25. The number of ether oxygens (including phenoxy) is 1. The minimum absolute atomic E-state index is 0.0408. The lowest BCUT2D eigenvalue weighted by atomic mass is 9.98. The number of hydrogen-bond acceptors (Lipinski definition) is 5. The molecule has 1 N–H and O–H groups in total. The number of carbonyl (C=O) groups excluding carboxylic acids is 1. The zero-order valence-corrected chi connectivity index (χ0v) is 18.0. The van der Waals surface area contributed by atoms with Crippen molar-refractivity contribution < 1.29 is 22.3 Å². The Morgan fingerprint density at radius 2 is 1.93 bits per heavy atom. The molecule has 0 aromatic heterocycles. The van der Waals surface area contributed by atoms with Crippen LogP contribution < -0.4 is 10.2 Å². The summed E-state index contributed by atoms with van der Waals surface area (Å²) in [6, 6.07) is 5.00. The number of rotatable bonds is 5. The topological polar surface area (TPSA) is 79.0 Å². The molecular formula is C20H30FN3O4S. The summed E-state index contributed by atoms with van der Waals surface area (Å²) in [6.07, 6.45) is 2.55. The van der Waals surface area contributed by atoms with Crippen LogP contribution in [-0.2, 0) is 26.1 Å². The van der Waals surface area contributed by atoms with E-state index < -0.39 is 10.0 Å². The lowest BCUT2D eigenvalue weighted by Gasteiger charge is -2.37. The molecule has 0 bridgehead atoms. The summed E-state index contributed by atoms with van der Waals surface area (Å²) in [7, 11) is -3.30. The van der Waals surface area contributed by atoms with Crippen LogP contribution in [-0.4, -0.2) is 63.3 Å². The van der Waals surface area contributed by atoms with E-state index in [0.29, 0.717) is 43.7 Å². The first-order chi connectivity index (χ1) is 13.6. The maximum Gasteiger partial charge on any atom is 0.224 e. The second-order valence-corrected chi connectivity index (χ2v) is 10.1. The summed E-state index contributed by atoms with van der Waals surface area (Å²) in [6.45, 7) is 6.08. The molecule has 9 heteroatoms. The Bertz CT molecular complexity index is 838. The minimum Gasteiger partial charge on any atom is -0.372 e. The van der Waals surface area contributed by atoms with Gasteiger partial charge in [0, 0.05) is 32.7 Å². The van der Waals surface area contributed by atoms with Crippen LogP contribution in [0.5, 0.6) is 0 Å². The van der Waals surface area contributed by atoms with Gasteiger partial charge in [-0.25, -0.2) is 17.1 Å². The van der Waals surface area contributed by atoms with E-state index in [4.69, 9.17) is 4.74 Å². The van der Waals surface area contributed by atoms with Crippen molar-refractivity contribution in [3.8, 4) is 0 Å². The second-order valence-electron chi connectivity index (χ2n) is 8.13. The van der Waals surface area contributed by atoms with Crippen LogP contribution >= 0.6 is 0 Å². The van der Waals surface area contributed by atoms with E-state index in [2.05, 4.69) is 5.32 Å². The van der Waals surface area contributed by atoms with Crippen molar-refractivity contribution in [2.45, 2.75) is 45.4 Å². The van der Waals surface area contributed by atoms with Crippen molar-refractivity contribution in [2.24, 2.45) is 5.92 Å². The van der Waals surface area contributed by atoms with E-state index >= 15 is 0 Å². The van der Waals surface area contributed by atoms with Crippen molar-refractivity contribution in [1.29, 1.82) is 0 Å². The number of hydrogen-bond donors (Lipinski definition) is 1. The molecule has 7 nitrogen and oxygen atoms in total. The largest absolute Gasteiger partial charge is 0.372 e. The van der Waals surface area contributed by atoms with Crippen LogP contribution in [0.1, 0.15) is 32.3 Å². The maximum atomic E-state index is 14.7.